The largest absolute Gasteiger partial charge is 0.491 e. The van der Waals surface area contributed by atoms with E-state index in [0.29, 0.717) is 43.1 Å². The van der Waals surface area contributed by atoms with Crippen LogP contribution in [0.1, 0.15) is 17.5 Å². The maximum atomic E-state index is 13.5. The molecule has 2 heterocycles. The fraction of sp³-hybridized carbons (Fsp3) is 0.179. The molecule has 0 spiro atoms. The number of rotatable bonds is 11. The number of sulfonamides is 1. The molecule has 40 heavy (non-hydrogen) atoms. The maximum absolute atomic E-state index is 13.5. The molecular weight excluding hydrogens is 540 g/mol. The Morgan fingerprint density at radius 3 is 2.62 bits per heavy atom. The average Bonchev–Trinajstić information content (AvgIpc) is 3.59. The van der Waals surface area contributed by atoms with E-state index in [0.717, 1.165) is 22.5 Å². The Bertz CT molecular complexity index is 1750. The zero-order valence-corrected chi connectivity index (χ0v) is 22.0. The molecule has 2 aromatic heterocycles. The molecule has 9 nitrogen and oxygen atoms in total. The summed E-state index contributed by atoms with van der Waals surface area (Å²) in [5.41, 5.74) is 2.62. The summed E-state index contributed by atoms with van der Waals surface area (Å²) in [5, 5.41) is 9.67. The molecule has 0 aliphatic carbocycles. The van der Waals surface area contributed by atoms with Crippen LogP contribution < -0.4 is 9.46 Å². The zero-order chi connectivity index (χ0) is 28.1. The Morgan fingerprint density at radius 1 is 0.975 bits per heavy atom. The predicted octanol–water partition coefficient (Wildman–Crippen LogP) is 4.08. The normalized spacial score (nSPS) is 11.6. The topological polar surface area (TPSA) is 108 Å². The van der Waals surface area contributed by atoms with Crippen LogP contribution in [0.5, 0.6) is 5.75 Å². The average molecular weight is 566 g/mol. The van der Waals surface area contributed by atoms with Crippen LogP contribution in [0.25, 0.3) is 10.9 Å². The van der Waals surface area contributed by atoms with Crippen molar-refractivity contribution in [3.8, 4) is 5.75 Å². The van der Waals surface area contributed by atoms with Gasteiger partial charge in [0, 0.05) is 24.2 Å². The zero-order valence-electron chi connectivity index (χ0n) is 21.2. The van der Waals surface area contributed by atoms with Crippen LogP contribution in [0.15, 0.2) is 90.2 Å². The van der Waals surface area contributed by atoms with Crippen LogP contribution in [0, 0.1) is 11.6 Å². The number of carbonyl (C=O) groups is 1. The lowest BCUT2D eigenvalue weighted by Gasteiger charge is -2.14. The highest BCUT2D eigenvalue weighted by Gasteiger charge is 2.20. The summed E-state index contributed by atoms with van der Waals surface area (Å²) < 4.78 is 63.3. The number of fused-ring (bicyclic) bond motifs is 1. The number of hydrogen-bond acceptors (Lipinski definition) is 6. The number of halogens is 2. The van der Waals surface area contributed by atoms with Crippen LogP contribution in [0.2, 0.25) is 0 Å². The molecule has 5 aromatic rings. The van der Waals surface area contributed by atoms with E-state index in [-0.39, 0.29) is 12.8 Å². The molecule has 0 aliphatic heterocycles. The minimum atomic E-state index is -4.36. The lowest BCUT2D eigenvalue weighted by molar-refractivity contribution is -0.119. The van der Waals surface area contributed by atoms with Crippen molar-refractivity contribution in [2.75, 3.05) is 6.61 Å². The van der Waals surface area contributed by atoms with Crippen LogP contribution in [-0.4, -0.2) is 40.5 Å². The number of benzene rings is 3. The van der Waals surface area contributed by atoms with Gasteiger partial charge in [-0.3, -0.25) is 14.2 Å². The minimum Gasteiger partial charge on any atom is -0.491 e. The summed E-state index contributed by atoms with van der Waals surface area (Å²) in [5.74, 6) is -2.75. The highest BCUT2D eigenvalue weighted by atomic mass is 32.2. The predicted molar refractivity (Wildman–Crippen MR) is 143 cm³/mol. The molecule has 1 N–H and O–H groups in total. The molecule has 1 amide bonds. The maximum Gasteiger partial charge on any atom is 0.264 e. The van der Waals surface area contributed by atoms with Gasteiger partial charge in [0.2, 0.25) is 5.91 Å². The van der Waals surface area contributed by atoms with E-state index < -0.39 is 32.5 Å². The summed E-state index contributed by atoms with van der Waals surface area (Å²) in [6.45, 7) is 1.31. The van der Waals surface area contributed by atoms with Crippen molar-refractivity contribution in [2.45, 2.75) is 30.8 Å². The molecule has 0 bridgehead atoms. The van der Waals surface area contributed by atoms with Crippen molar-refractivity contribution in [2.24, 2.45) is 0 Å². The van der Waals surface area contributed by atoms with E-state index in [9.17, 15) is 22.0 Å². The Hall–Kier alpha value is -4.58. The highest BCUT2D eigenvalue weighted by Crippen LogP contribution is 2.24. The number of nitrogens with one attached hydrogen (secondary N) is 1. The molecule has 5 rings (SSSR count). The van der Waals surface area contributed by atoms with Gasteiger partial charge in [-0.05, 0) is 53.9 Å². The molecule has 0 saturated heterocycles. The summed E-state index contributed by atoms with van der Waals surface area (Å²) >= 11 is 0. The van der Waals surface area contributed by atoms with Crippen molar-refractivity contribution < 1.29 is 26.7 Å². The van der Waals surface area contributed by atoms with Crippen LogP contribution in [-0.2, 0) is 34.3 Å². The highest BCUT2D eigenvalue weighted by molar-refractivity contribution is 7.90. The molecule has 12 heteroatoms. The van der Waals surface area contributed by atoms with Gasteiger partial charge in [0.1, 0.15) is 12.4 Å². The number of aromatic nitrogens is 4. The lowest BCUT2D eigenvalue weighted by Crippen LogP contribution is -2.30. The second kappa shape index (κ2) is 11.7. The number of para-hydroxylation sites is 1. The molecule has 0 atom stereocenters. The Balaban J connectivity index is 1.27. The van der Waals surface area contributed by atoms with Gasteiger partial charge in [0.25, 0.3) is 10.0 Å². The third-order valence-electron chi connectivity index (χ3n) is 6.22. The molecule has 3 aromatic carbocycles. The van der Waals surface area contributed by atoms with Crippen molar-refractivity contribution in [1.29, 1.82) is 0 Å². The monoisotopic (exact) mass is 565 g/mol. The first-order valence-corrected chi connectivity index (χ1v) is 13.9. The van der Waals surface area contributed by atoms with E-state index in [4.69, 9.17) is 4.74 Å². The van der Waals surface area contributed by atoms with Crippen molar-refractivity contribution >= 4 is 26.8 Å². The molecule has 206 valence electrons. The molecule has 0 unspecified atom stereocenters. The standard InChI is InChI=1S/C28H25F2N5O4S/c29-24-10-9-23(17-25(24)30)40(37,38)33-28(36)11-8-21-7-6-20(19-34-13-3-12-31-34)16-27(21)39-15-14-35-26-5-2-1-4-22(26)18-32-35/h1-7,9-10,12-13,16-18H,8,11,14-15,19H2,(H,33,36). The fourth-order valence-corrected chi connectivity index (χ4v) is 5.24. The summed E-state index contributed by atoms with van der Waals surface area (Å²) in [7, 11) is -4.36. The van der Waals surface area contributed by atoms with E-state index in [1.165, 1.54) is 0 Å². The van der Waals surface area contributed by atoms with Gasteiger partial charge in [-0.2, -0.15) is 10.2 Å². The summed E-state index contributed by atoms with van der Waals surface area (Å²) in [4.78, 5) is 12.0. The number of hydrogen-bond donors (Lipinski definition) is 1. The molecule has 0 saturated carbocycles. The van der Waals surface area contributed by atoms with E-state index in [1.54, 1.807) is 17.1 Å². The lowest BCUT2D eigenvalue weighted by atomic mass is 10.1. The molecular formula is C28H25F2N5O4S. The van der Waals surface area contributed by atoms with E-state index >= 15 is 0 Å². The smallest absolute Gasteiger partial charge is 0.264 e. The summed E-state index contributed by atoms with van der Waals surface area (Å²) in [6.07, 6.45) is 5.32. The number of nitrogens with zero attached hydrogens (tertiary/aromatic N) is 4. The molecule has 0 aliphatic rings. The fourth-order valence-electron chi connectivity index (χ4n) is 4.22. The first-order valence-electron chi connectivity index (χ1n) is 12.4. The van der Waals surface area contributed by atoms with Gasteiger partial charge < -0.3 is 4.74 Å². The SMILES string of the molecule is O=C(CCc1ccc(Cn2cccn2)cc1OCCn1ncc2ccccc21)NS(=O)(=O)c1ccc(F)c(F)c1. The third kappa shape index (κ3) is 6.34. The number of aryl methyl sites for hydroxylation is 1. The number of carbonyl (C=O) groups excluding carboxylic acids is 1. The van der Waals surface area contributed by atoms with Gasteiger partial charge in [-0.15, -0.1) is 0 Å². The Labute approximate surface area is 229 Å². The van der Waals surface area contributed by atoms with Crippen molar-refractivity contribution in [1.82, 2.24) is 24.3 Å². The molecule has 0 radical (unpaired) electrons. The van der Waals surface area contributed by atoms with Crippen LogP contribution >= 0.6 is 0 Å². The first kappa shape index (κ1) is 27.0. The van der Waals surface area contributed by atoms with Gasteiger partial charge in [-0.25, -0.2) is 21.9 Å². The van der Waals surface area contributed by atoms with Crippen LogP contribution in [0.4, 0.5) is 8.78 Å². The van der Waals surface area contributed by atoms with Gasteiger partial charge in [0.05, 0.1) is 29.7 Å². The third-order valence-corrected chi connectivity index (χ3v) is 7.59. The van der Waals surface area contributed by atoms with E-state index in [1.807, 2.05) is 64.1 Å². The number of ether oxygens (including phenoxy) is 1. The molecule has 0 fully saturated rings. The second-order valence-electron chi connectivity index (χ2n) is 9.03. The Kier molecular flexibility index (Phi) is 7.87. The first-order chi connectivity index (χ1) is 19.3. The van der Waals surface area contributed by atoms with Crippen LogP contribution in [0.3, 0.4) is 0 Å². The van der Waals surface area contributed by atoms with Gasteiger partial charge in [0.15, 0.2) is 11.6 Å². The van der Waals surface area contributed by atoms with Gasteiger partial charge in [-0.1, -0.05) is 30.3 Å². The minimum absolute atomic E-state index is 0.179. The van der Waals surface area contributed by atoms with Crippen molar-refractivity contribution in [3.05, 3.63) is 108 Å². The second-order valence-corrected chi connectivity index (χ2v) is 10.7. The van der Waals surface area contributed by atoms with Crippen molar-refractivity contribution in [3.63, 3.8) is 0 Å². The quantitative estimate of drug-likeness (QED) is 0.259. The Morgan fingerprint density at radius 2 is 1.82 bits per heavy atom. The van der Waals surface area contributed by atoms with Gasteiger partial charge >= 0.3 is 0 Å². The number of amides is 1. The van der Waals surface area contributed by atoms with E-state index in [2.05, 4.69) is 10.2 Å². The summed E-state index contributed by atoms with van der Waals surface area (Å²) in [6, 6.07) is 17.4.